The van der Waals surface area contributed by atoms with Crippen molar-refractivity contribution in [2.75, 3.05) is 13.1 Å². The Morgan fingerprint density at radius 2 is 2.30 bits per heavy atom. The molecule has 2 rings (SSSR count). The number of carbonyl (C=O) groups excluding carboxylic acids is 1. The SMILES string of the molecule is CC(Oc1ccc(Cl)cc1[N+](=O)[O-])C(=O)N1CC(CN)CC1C. The van der Waals surface area contributed by atoms with Crippen LogP contribution in [0.25, 0.3) is 0 Å². The Kier molecular flexibility index (Phi) is 5.43. The van der Waals surface area contributed by atoms with E-state index in [-0.39, 0.29) is 34.3 Å². The van der Waals surface area contributed by atoms with Crippen molar-refractivity contribution in [2.45, 2.75) is 32.4 Å². The van der Waals surface area contributed by atoms with Gasteiger partial charge in [-0.3, -0.25) is 14.9 Å². The van der Waals surface area contributed by atoms with Gasteiger partial charge in [0.05, 0.1) is 4.92 Å². The molecule has 8 heteroatoms. The van der Waals surface area contributed by atoms with E-state index in [1.807, 2.05) is 6.92 Å². The molecule has 2 N–H and O–H groups in total. The first-order valence-corrected chi connectivity index (χ1v) is 7.82. The Bertz CT molecular complexity index is 610. The zero-order valence-electron chi connectivity index (χ0n) is 13.1. The first kappa shape index (κ1) is 17.5. The van der Waals surface area contributed by atoms with E-state index in [2.05, 4.69) is 0 Å². The van der Waals surface area contributed by atoms with E-state index in [0.29, 0.717) is 13.1 Å². The highest BCUT2D eigenvalue weighted by Crippen LogP contribution is 2.31. The average molecular weight is 342 g/mol. The molecule has 126 valence electrons. The standard InChI is InChI=1S/C15H20ClN3O4/c1-9-5-11(7-17)8-18(9)15(20)10(2)23-14-4-3-12(16)6-13(14)19(21)22/h3-4,6,9-11H,5,7-8,17H2,1-2H3. The van der Waals surface area contributed by atoms with Crippen LogP contribution in [0.3, 0.4) is 0 Å². The van der Waals surface area contributed by atoms with Crippen LogP contribution in [0.2, 0.25) is 5.02 Å². The van der Waals surface area contributed by atoms with Gasteiger partial charge in [-0.15, -0.1) is 0 Å². The summed E-state index contributed by atoms with van der Waals surface area (Å²) in [6.07, 6.45) is 0.0321. The van der Waals surface area contributed by atoms with Crippen LogP contribution < -0.4 is 10.5 Å². The van der Waals surface area contributed by atoms with E-state index in [1.165, 1.54) is 18.2 Å². The van der Waals surface area contributed by atoms with Gasteiger partial charge in [0.2, 0.25) is 0 Å². The predicted molar refractivity (Wildman–Crippen MR) is 86.5 cm³/mol. The second-order valence-electron chi connectivity index (χ2n) is 5.81. The second kappa shape index (κ2) is 7.14. The molecule has 1 aliphatic rings. The highest BCUT2D eigenvalue weighted by Gasteiger charge is 2.35. The zero-order chi connectivity index (χ0) is 17.1. The number of rotatable bonds is 5. The minimum atomic E-state index is -0.825. The fourth-order valence-electron chi connectivity index (χ4n) is 2.83. The van der Waals surface area contributed by atoms with Gasteiger partial charge in [0.1, 0.15) is 0 Å². The molecule has 1 fully saturated rings. The maximum Gasteiger partial charge on any atom is 0.312 e. The predicted octanol–water partition coefficient (Wildman–Crippen LogP) is 2.21. The quantitative estimate of drug-likeness (QED) is 0.654. The van der Waals surface area contributed by atoms with Crippen LogP contribution in [-0.4, -0.2) is 41.0 Å². The van der Waals surface area contributed by atoms with Gasteiger partial charge in [-0.2, -0.15) is 0 Å². The summed E-state index contributed by atoms with van der Waals surface area (Å²) < 4.78 is 5.53. The summed E-state index contributed by atoms with van der Waals surface area (Å²) in [4.78, 5) is 24.8. The third kappa shape index (κ3) is 3.92. The number of benzene rings is 1. The van der Waals surface area contributed by atoms with Gasteiger partial charge in [-0.05, 0) is 44.9 Å². The summed E-state index contributed by atoms with van der Waals surface area (Å²) in [5, 5.41) is 11.3. The summed E-state index contributed by atoms with van der Waals surface area (Å²) >= 11 is 5.77. The van der Waals surface area contributed by atoms with Crippen LogP contribution >= 0.6 is 11.6 Å². The van der Waals surface area contributed by atoms with Crippen LogP contribution in [0.1, 0.15) is 20.3 Å². The normalized spacial score (nSPS) is 22.0. The minimum Gasteiger partial charge on any atom is -0.474 e. The summed E-state index contributed by atoms with van der Waals surface area (Å²) in [7, 11) is 0. The number of ether oxygens (including phenoxy) is 1. The second-order valence-corrected chi connectivity index (χ2v) is 6.24. The number of halogens is 1. The fourth-order valence-corrected chi connectivity index (χ4v) is 2.99. The van der Waals surface area contributed by atoms with E-state index in [4.69, 9.17) is 22.1 Å². The Morgan fingerprint density at radius 3 is 2.87 bits per heavy atom. The molecule has 0 radical (unpaired) electrons. The molecule has 3 atom stereocenters. The lowest BCUT2D eigenvalue weighted by atomic mass is 10.1. The number of nitrogens with zero attached hydrogens (tertiary/aromatic N) is 2. The largest absolute Gasteiger partial charge is 0.474 e. The number of nitro benzene ring substituents is 1. The molecule has 23 heavy (non-hydrogen) atoms. The van der Waals surface area contributed by atoms with Crippen LogP contribution in [0.5, 0.6) is 5.75 Å². The van der Waals surface area contributed by atoms with E-state index < -0.39 is 11.0 Å². The summed E-state index contributed by atoms with van der Waals surface area (Å²) in [5.74, 6) is 0.117. The van der Waals surface area contributed by atoms with E-state index >= 15 is 0 Å². The molecule has 7 nitrogen and oxygen atoms in total. The molecule has 0 spiro atoms. The van der Waals surface area contributed by atoms with Crippen LogP contribution in [-0.2, 0) is 4.79 Å². The fraction of sp³-hybridized carbons (Fsp3) is 0.533. The highest BCUT2D eigenvalue weighted by molar-refractivity contribution is 6.30. The Hall–Kier alpha value is -1.86. The first-order valence-electron chi connectivity index (χ1n) is 7.44. The Balaban J connectivity index is 2.11. The smallest absolute Gasteiger partial charge is 0.312 e. The number of nitrogens with two attached hydrogens (primary N) is 1. The molecule has 1 heterocycles. The molecule has 1 aromatic carbocycles. The monoisotopic (exact) mass is 341 g/mol. The third-order valence-electron chi connectivity index (χ3n) is 4.05. The Morgan fingerprint density at radius 1 is 1.61 bits per heavy atom. The van der Waals surface area contributed by atoms with Crippen molar-refractivity contribution in [3.05, 3.63) is 33.3 Å². The van der Waals surface area contributed by atoms with Crippen molar-refractivity contribution < 1.29 is 14.5 Å². The van der Waals surface area contributed by atoms with Gasteiger partial charge in [0.25, 0.3) is 5.91 Å². The van der Waals surface area contributed by atoms with Crippen LogP contribution in [0.15, 0.2) is 18.2 Å². The summed E-state index contributed by atoms with van der Waals surface area (Å²) in [6, 6.07) is 4.18. The molecule has 1 amide bonds. The molecule has 1 saturated heterocycles. The maximum absolute atomic E-state index is 12.5. The van der Waals surface area contributed by atoms with Crippen LogP contribution in [0, 0.1) is 16.0 Å². The van der Waals surface area contributed by atoms with E-state index in [9.17, 15) is 14.9 Å². The van der Waals surface area contributed by atoms with Gasteiger partial charge in [-0.1, -0.05) is 11.6 Å². The van der Waals surface area contributed by atoms with Gasteiger partial charge < -0.3 is 15.4 Å². The zero-order valence-corrected chi connectivity index (χ0v) is 13.8. The number of likely N-dealkylation sites (tertiary alicyclic amines) is 1. The Labute approximate surface area is 139 Å². The average Bonchev–Trinajstić information content (AvgIpc) is 2.89. The lowest BCUT2D eigenvalue weighted by Crippen LogP contribution is -2.42. The molecule has 1 aliphatic heterocycles. The summed E-state index contributed by atoms with van der Waals surface area (Å²) in [6.45, 7) is 4.67. The van der Waals surface area contributed by atoms with Crippen molar-refractivity contribution in [1.29, 1.82) is 0 Å². The van der Waals surface area contributed by atoms with Gasteiger partial charge in [0.15, 0.2) is 11.9 Å². The summed E-state index contributed by atoms with van der Waals surface area (Å²) in [5.41, 5.74) is 5.41. The molecule has 0 bridgehead atoms. The lowest BCUT2D eigenvalue weighted by Gasteiger charge is -2.25. The molecule has 0 aromatic heterocycles. The molecule has 1 aromatic rings. The van der Waals surface area contributed by atoms with E-state index in [0.717, 1.165) is 6.42 Å². The molecule has 3 unspecified atom stereocenters. The maximum atomic E-state index is 12.5. The highest BCUT2D eigenvalue weighted by atomic mass is 35.5. The molecular weight excluding hydrogens is 322 g/mol. The molecule has 0 aliphatic carbocycles. The number of nitro groups is 1. The van der Waals surface area contributed by atoms with Crippen molar-refractivity contribution in [2.24, 2.45) is 11.7 Å². The topological polar surface area (TPSA) is 98.7 Å². The first-order chi connectivity index (χ1) is 10.8. The van der Waals surface area contributed by atoms with Crippen molar-refractivity contribution in [1.82, 2.24) is 4.90 Å². The molecular formula is C15H20ClN3O4. The van der Waals surface area contributed by atoms with Gasteiger partial charge >= 0.3 is 5.69 Å². The number of hydrogen-bond donors (Lipinski definition) is 1. The van der Waals surface area contributed by atoms with E-state index in [1.54, 1.807) is 11.8 Å². The van der Waals surface area contributed by atoms with Crippen LogP contribution in [0.4, 0.5) is 5.69 Å². The number of carbonyl (C=O) groups is 1. The lowest BCUT2D eigenvalue weighted by molar-refractivity contribution is -0.386. The van der Waals surface area contributed by atoms with Crippen molar-refractivity contribution >= 4 is 23.2 Å². The molecule has 0 saturated carbocycles. The van der Waals surface area contributed by atoms with Gasteiger partial charge in [0, 0.05) is 23.7 Å². The number of hydrogen-bond acceptors (Lipinski definition) is 5. The third-order valence-corrected chi connectivity index (χ3v) is 4.28. The van der Waals surface area contributed by atoms with Gasteiger partial charge in [-0.25, -0.2) is 0 Å². The van der Waals surface area contributed by atoms with Crippen molar-refractivity contribution in [3.8, 4) is 5.75 Å². The van der Waals surface area contributed by atoms with Crippen molar-refractivity contribution in [3.63, 3.8) is 0 Å². The minimum absolute atomic E-state index is 0.0301. The number of amides is 1.